The molecule has 1 heterocycles. The molecule has 1 aromatic heterocycles. The van der Waals surface area contributed by atoms with Crippen LogP contribution in [-0.4, -0.2) is 10.9 Å². The minimum atomic E-state index is -0.556. The Bertz CT molecular complexity index is 442. The third kappa shape index (κ3) is 3.14. The summed E-state index contributed by atoms with van der Waals surface area (Å²) in [5.41, 5.74) is 0. The van der Waals surface area contributed by atoms with E-state index in [1.165, 1.54) is 0 Å². The fourth-order valence-electron chi connectivity index (χ4n) is 1.29. The molecule has 0 aliphatic carbocycles. The average Bonchev–Trinajstić information content (AvgIpc) is 2.79. The Balaban J connectivity index is 1.92. The Morgan fingerprint density at radius 3 is 2.88 bits per heavy atom. The molecule has 1 aromatic carbocycles. The van der Waals surface area contributed by atoms with Crippen LogP contribution in [0.25, 0.3) is 0 Å². The highest BCUT2D eigenvalue weighted by atomic mass is 79.9. The molecule has 0 aliphatic rings. The van der Waals surface area contributed by atoms with Crippen LogP contribution in [0.4, 0.5) is 0 Å². The highest BCUT2D eigenvalue weighted by molar-refractivity contribution is 9.10. The lowest BCUT2D eigenvalue weighted by atomic mass is 10.3. The molecule has 1 atom stereocenters. The molecule has 84 valence electrons. The van der Waals surface area contributed by atoms with Gasteiger partial charge in [0, 0.05) is 15.1 Å². The molecule has 16 heavy (non-hydrogen) atoms. The van der Waals surface area contributed by atoms with Crippen molar-refractivity contribution in [1.29, 1.82) is 0 Å². The van der Waals surface area contributed by atoms with Crippen LogP contribution in [0.2, 0.25) is 0 Å². The predicted molar refractivity (Wildman–Crippen MR) is 68.5 cm³/mol. The zero-order valence-corrected chi connectivity index (χ0v) is 10.9. The van der Waals surface area contributed by atoms with Crippen molar-refractivity contribution in [2.45, 2.75) is 11.0 Å². The minimum absolute atomic E-state index is 0.556. The summed E-state index contributed by atoms with van der Waals surface area (Å²) >= 11 is 5.01. The first kappa shape index (κ1) is 11.8. The molecule has 4 heteroatoms. The number of furan rings is 1. The summed E-state index contributed by atoms with van der Waals surface area (Å²) in [6.07, 6.45) is 1.02. The Kier molecular flexibility index (Phi) is 4.09. The second kappa shape index (κ2) is 5.57. The van der Waals surface area contributed by atoms with Gasteiger partial charge in [-0.25, -0.2) is 0 Å². The SMILES string of the molecule is OC(CSc1cccc(Br)c1)c1ccco1. The van der Waals surface area contributed by atoms with E-state index in [0.717, 1.165) is 9.37 Å². The van der Waals surface area contributed by atoms with E-state index in [1.807, 2.05) is 24.3 Å². The van der Waals surface area contributed by atoms with Gasteiger partial charge in [0.1, 0.15) is 11.9 Å². The zero-order chi connectivity index (χ0) is 11.4. The minimum Gasteiger partial charge on any atom is -0.467 e. The van der Waals surface area contributed by atoms with Crippen molar-refractivity contribution in [2.24, 2.45) is 0 Å². The van der Waals surface area contributed by atoms with E-state index >= 15 is 0 Å². The summed E-state index contributed by atoms with van der Waals surface area (Å²) < 4.78 is 6.18. The maximum absolute atomic E-state index is 9.81. The molecule has 2 rings (SSSR count). The number of hydrogen-bond donors (Lipinski definition) is 1. The number of thioether (sulfide) groups is 1. The van der Waals surface area contributed by atoms with Crippen LogP contribution in [-0.2, 0) is 0 Å². The van der Waals surface area contributed by atoms with Gasteiger partial charge in [-0.15, -0.1) is 11.8 Å². The van der Waals surface area contributed by atoms with Crippen LogP contribution in [0, 0.1) is 0 Å². The molecule has 0 saturated carbocycles. The van der Waals surface area contributed by atoms with Crippen molar-refractivity contribution >= 4 is 27.7 Å². The van der Waals surface area contributed by atoms with Crippen LogP contribution in [0.5, 0.6) is 0 Å². The van der Waals surface area contributed by atoms with Gasteiger partial charge in [-0.1, -0.05) is 22.0 Å². The van der Waals surface area contributed by atoms with E-state index in [-0.39, 0.29) is 0 Å². The smallest absolute Gasteiger partial charge is 0.133 e. The van der Waals surface area contributed by atoms with E-state index in [2.05, 4.69) is 15.9 Å². The second-order valence-corrected chi connectivity index (χ2v) is 5.31. The molecule has 1 unspecified atom stereocenters. The Hall–Kier alpha value is -0.710. The van der Waals surface area contributed by atoms with Gasteiger partial charge in [-0.05, 0) is 30.3 Å². The molecule has 0 saturated heterocycles. The third-order valence-electron chi connectivity index (χ3n) is 2.08. The normalized spacial score (nSPS) is 12.6. The lowest BCUT2D eigenvalue weighted by Crippen LogP contribution is -1.98. The Labute approximate surface area is 107 Å². The van der Waals surface area contributed by atoms with E-state index in [1.54, 1.807) is 30.2 Å². The van der Waals surface area contributed by atoms with Gasteiger partial charge in [0.15, 0.2) is 0 Å². The van der Waals surface area contributed by atoms with Gasteiger partial charge in [0.2, 0.25) is 0 Å². The zero-order valence-electron chi connectivity index (χ0n) is 8.47. The van der Waals surface area contributed by atoms with Gasteiger partial charge in [0.05, 0.1) is 6.26 Å². The van der Waals surface area contributed by atoms with Crippen molar-refractivity contribution in [1.82, 2.24) is 0 Å². The molecule has 0 spiro atoms. The molecule has 2 nitrogen and oxygen atoms in total. The van der Waals surface area contributed by atoms with Crippen molar-refractivity contribution < 1.29 is 9.52 Å². The predicted octanol–water partition coefficient (Wildman–Crippen LogP) is 3.87. The highest BCUT2D eigenvalue weighted by Crippen LogP contribution is 2.26. The summed E-state index contributed by atoms with van der Waals surface area (Å²) in [4.78, 5) is 1.12. The maximum atomic E-state index is 9.81. The first-order valence-electron chi connectivity index (χ1n) is 4.85. The van der Waals surface area contributed by atoms with Crippen LogP contribution in [0.3, 0.4) is 0 Å². The van der Waals surface area contributed by atoms with Gasteiger partial charge in [-0.3, -0.25) is 0 Å². The second-order valence-electron chi connectivity index (χ2n) is 3.30. The van der Waals surface area contributed by atoms with Crippen LogP contribution in [0.1, 0.15) is 11.9 Å². The molecule has 0 fully saturated rings. The van der Waals surface area contributed by atoms with Crippen LogP contribution < -0.4 is 0 Å². The number of halogens is 1. The summed E-state index contributed by atoms with van der Waals surface area (Å²) in [5.74, 6) is 1.20. The molecule has 0 bridgehead atoms. The third-order valence-corrected chi connectivity index (χ3v) is 3.64. The van der Waals surface area contributed by atoms with Gasteiger partial charge in [0.25, 0.3) is 0 Å². The number of hydrogen-bond acceptors (Lipinski definition) is 3. The van der Waals surface area contributed by atoms with Gasteiger partial charge in [-0.2, -0.15) is 0 Å². The molecular formula is C12H11BrO2S. The average molecular weight is 299 g/mol. The molecule has 0 aliphatic heterocycles. The van der Waals surface area contributed by atoms with Crippen molar-refractivity contribution in [3.8, 4) is 0 Å². The van der Waals surface area contributed by atoms with Crippen LogP contribution >= 0.6 is 27.7 Å². The number of benzene rings is 1. The van der Waals surface area contributed by atoms with Crippen molar-refractivity contribution in [3.63, 3.8) is 0 Å². The summed E-state index contributed by atoms with van der Waals surface area (Å²) in [6, 6.07) is 11.6. The first-order chi connectivity index (χ1) is 7.75. The fourth-order valence-corrected chi connectivity index (χ4v) is 2.75. The fraction of sp³-hybridized carbons (Fsp3) is 0.167. The molecule has 2 aromatic rings. The topological polar surface area (TPSA) is 33.4 Å². The highest BCUT2D eigenvalue weighted by Gasteiger charge is 2.10. The lowest BCUT2D eigenvalue weighted by molar-refractivity contribution is 0.174. The quantitative estimate of drug-likeness (QED) is 0.870. The summed E-state index contributed by atoms with van der Waals surface area (Å²) in [6.45, 7) is 0. The maximum Gasteiger partial charge on any atom is 0.133 e. The van der Waals surface area contributed by atoms with Crippen molar-refractivity contribution in [2.75, 3.05) is 5.75 Å². The largest absolute Gasteiger partial charge is 0.467 e. The Morgan fingerprint density at radius 2 is 2.19 bits per heavy atom. The molecule has 0 amide bonds. The first-order valence-corrected chi connectivity index (χ1v) is 6.63. The number of aliphatic hydroxyl groups excluding tert-OH is 1. The molecular weight excluding hydrogens is 288 g/mol. The van der Waals surface area contributed by atoms with E-state index in [9.17, 15) is 5.11 Å². The standard InChI is InChI=1S/C12H11BrO2S/c13-9-3-1-4-10(7-9)16-8-11(14)12-5-2-6-15-12/h1-7,11,14H,8H2. The monoisotopic (exact) mass is 298 g/mol. The summed E-state index contributed by atoms with van der Waals surface area (Å²) in [5, 5.41) is 9.81. The summed E-state index contributed by atoms with van der Waals surface area (Å²) in [7, 11) is 0. The lowest BCUT2D eigenvalue weighted by Gasteiger charge is -2.07. The Morgan fingerprint density at radius 1 is 1.31 bits per heavy atom. The van der Waals surface area contributed by atoms with E-state index < -0.39 is 6.10 Å². The van der Waals surface area contributed by atoms with Gasteiger partial charge >= 0.3 is 0 Å². The van der Waals surface area contributed by atoms with Crippen LogP contribution in [0.15, 0.2) is 56.4 Å². The van der Waals surface area contributed by atoms with E-state index in [0.29, 0.717) is 11.5 Å². The molecule has 0 radical (unpaired) electrons. The van der Waals surface area contributed by atoms with Gasteiger partial charge < -0.3 is 9.52 Å². The van der Waals surface area contributed by atoms with Crippen molar-refractivity contribution in [3.05, 3.63) is 52.9 Å². The number of rotatable bonds is 4. The molecule has 1 N–H and O–H groups in total. The number of aliphatic hydroxyl groups is 1. The van der Waals surface area contributed by atoms with E-state index in [4.69, 9.17) is 4.42 Å².